The summed E-state index contributed by atoms with van der Waals surface area (Å²) in [5.74, 6) is 0. The molecule has 1 fully saturated rings. The molecule has 72 valence electrons. The lowest BCUT2D eigenvalue weighted by Crippen LogP contribution is -2.33. The Morgan fingerprint density at radius 2 is 2.17 bits per heavy atom. The molecule has 12 heavy (non-hydrogen) atoms. The second-order valence-electron chi connectivity index (χ2n) is 3.14. The minimum atomic E-state index is -3.02. The van der Waals surface area contributed by atoms with E-state index in [4.69, 9.17) is 4.74 Å². The quantitative estimate of drug-likeness (QED) is 0.674. The molecule has 0 aliphatic heterocycles. The lowest BCUT2D eigenvalue weighted by Gasteiger charge is -2.10. The summed E-state index contributed by atoms with van der Waals surface area (Å²) in [7, 11) is -1.46. The van der Waals surface area contributed by atoms with E-state index in [1.807, 2.05) is 6.92 Å². The summed E-state index contributed by atoms with van der Waals surface area (Å²) < 4.78 is 29.9. The lowest BCUT2D eigenvalue weighted by molar-refractivity contribution is 0.122. The number of ether oxygens (including phenoxy) is 1. The van der Waals surface area contributed by atoms with Gasteiger partial charge in [-0.3, -0.25) is 0 Å². The van der Waals surface area contributed by atoms with Gasteiger partial charge in [-0.15, -0.1) is 0 Å². The summed E-state index contributed by atoms with van der Waals surface area (Å²) in [5.41, 5.74) is 0. The Balaban J connectivity index is 2.30. The summed E-state index contributed by atoms with van der Waals surface area (Å²) in [6.45, 7) is 2.20. The van der Waals surface area contributed by atoms with Crippen molar-refractivity contribution in [3.8, 4) is 0 Å². The van der Waals surface area contributed by atoms with Crippen molar-refractivity contribution in [1.82, 2.24) is 4.72 Å². The highest BCUT2D eigenvalue weighted by Gasteiger charge is 2.35. The van der Waals surface area contributed by atoms with E-state index >= 15 is 0 Å². The average Bonchev–Trinajstić information content (AvgIpc) is 2.82. The second-order valence-corrected chi connectivity index (χ2v) is 5.18. The molecule has 5 heteroatoms. The number of rotatable bonds is 5. The van der Waals surface area contributed by atoms with E-state index in [1.165, 1.54) is 0 Å². The molecule has 0 aromatic rings. The molecule has 1 aliphatic rings. The van der Waals surface area contributed by atoms with E-state index in [9.17, 15) is 8.42 Å². The molecule has 0 aromatic carbocycles. The zero-order chi connectivity index (χ0) is 9.19. The number of nitrogens with one attached hydrogen (secondary N) is 1. The summed E-state index contributed by atoms with van der Waals surface area (Å²) in [4.78, 5) is 0. The van der Waals surface area contributed by atoms with E-state index < -0.39 is 10.0 Å². The van der Waals surface area contributed by atoms with Gasteiger partial charge in [0.25, 0.3) is 0 Å². The van der Waals surface area contributed by atoms with Crippen molar-refractivity contribution in [3.63, 3.8) is 0 Å². The number of methoxy groups -OCH3 is 1. The van der Waals surface area contributed by atoms with Crippen molar-refractivity contribution in [1.29, 1.82) is 0 Å². The maximum atomic E-state index is 11.2. The third kappa shape index (κ3) is 2.73. The van der Waals surface area contributed by atoms with Gasteiger partial charge in [-0.2, -0.15) is 0 Å². The van der Waals surface area contributed by atoms with Gasteiger partial charge in [-0.1, -0.05) is 0 Å². The standard InChI is InChI=1S/C7H15NO3S/c1-6(11-2)5-8-12(9,10)7-3-4-7/h6-8H,3-5H2,1-2H3. The third-order valence-corrected chi connectivity index (χ3v) is 3.86. The predicted octanol–water partition coefficient (Wildman–Crippen LogP) is 0.103. The van der Waals surface area contributed by atoms with E-state index in [0.717, 1.165) is 12.8 Å². The molecule has 1 saturated carbocycles. The summed E-state index contributed by atoms with van der Waals surface area (Å²) in [6.07, 6.45) is 1.55. The van der Waals surface area contributed by atoms with Gasteiger partial charge in [0.05, 0.1) is 11.4 Å². The molecule has 1 aliphatic carbocycles. The van der Waals surface area contributed by atoms with E-state index in [2.05, 4.69) is 4.72 Å². The zero-order valence-corrected chi connectivity index (χ0v) is 8.23. The Labute approximate surface area is 73.3 Å². The molecular formula is C7H15NO3S. The van der Waals surface area contributed by atoms with Crippen molar-refractivity contribution in [2.45, 2.75) is 31.1 Å². The molecule has 1 rings (SSSR count). The van der Waals surface area contributed by atoms with Crippen LogP contribution in [0.2, 0.25) is 0 Å². The molecule has 0 amide bonds. The van der Waals surface area contributed by atoms with Crippen LogP contribution in [0.4, 0.5) is 0 Å². The van der Waals surface area contributed by atoms with Crippen molar-refractivity contribution < 1.29 is 13.2 Å². The molecule has 0 radical (unpaired) electrons. The van der Waals surface area contributed by atoms with Gasteiger partial charge in [0.1, 0.15) is 0 Å². The topological polar surface area (TPSA) is 55.4 Å². The van der Waals surface area contributed by atoms with Crippen LogP contribution in [0, 0.1) is 0 Å². The molecule has 0 aromatic heterocycles. The normalized spacial score (nSPS) is 20.8. The van der Waals surface area contributed by atoms with Crippen molar-refractivity contribution in [2.24, 2.45) is 0 Å². The third-order valence-electron chi connectivity index (χ3n) is 1.94. The Kier molecular flexibility index (Phi) is 3.09. The first-order chi connectivity index (χ1) is 5.56. The van der Waals surface area contributed by atoms with Crippen LogP contribution >= 0.6 is 0 Å². The summed E-state index contributed by atoms with van der Waals surface area (Å²) in [5, 5.41) is -0.137. The molecular weight excluding hydrogens is 178 g/mol. The monoisotopic (exact) mass is 193 g/mol. The zero-order valence-electron chi connectivity index (χ0n) is 7.41. The Morgan fingerprint density at radius 3 is 2.58 bits per heavy atom. The Bertz CT molecular complexity index is 233. The van der Waals surface area contributed by atoms with Gasteiger partial charge in [0, 0.05) is 13.7 Å². The van der Waals surface area contributed by atoms with Crippen LogP contribution in [-0.2, 0) is 14.8 Å². The van der Waals surface area contributed by atoms with Crippen LogP contribution in [0.1, 0.15) is 19.8 Å². The molecule has 0 bridgehead atoms. The van der Waals surface area contributed by atoms with Crippen molar-refractivity contribution >= 4 is 10.0 Å². The van der Waals surface area contributed by atoms with Crippen LogP contribution in [0.3, 0.4) is 0 Å². The van der Waals surface area contributed by atoms with Crippen LogP contribution < -0.4 is 4.72 Å². The SMILES string of the molecule is COC(C)CNS(=O)(=O)C1CC1. The fourth-order valence-electron chi connectivity index (χ4n) is 0.813. The van der Waals surface area contributed by atoms with Gasteiger partial charge < -0.3 is 4.74 Å². The van der Waals surface area contributed by atoms with Crippen molar-refractivity contribution in [2.75, 3.05) is 13.7 Å². The van der Waals surface area contributed by atoms with E-state index in [1.54, 1.807) is 7.11 Å². The highest BCUT2D eigenvalue weighted by molar-refractivity contribution is 7.90. The van der Waals surface area contributed by atoms with E-state index in [0.29, 0.717) is 6.54 Å². The smallest absolute Gasteiger partial charge is 0.214 e. The lowest BCUT2D eigenvalue weighted by atomic mass is 10.4. The van der Waals surface area contributed by atoms with E-state index in [-0.39, 0.29) is 11.4 Å². The number of hydrogen-bond donors (Lipinski definition) is 1. The number of hydrogen-bond acceptors (Lipinski definition) is 3. The molecule has 1 atom stereocenters. The molecule has 0 heterocycles. The minimum absolute atomic E-state index is 0.0569. The highest BCUT2D eigenvalue weighted by Crippen LogP contribution is 2.27. The molecule has 4 nitrogen and oxygen atoms in total. The molecule has 1 N–H and O–H groups in total. The Hall–Kier alpha value is -0.130. The van der Waals surface area contributed by atoms with Gasteiger partial charge in [0.15, 0.2) is 0 Å². The fraction of sp³-hybridized carbons (Fsp3) is 1.00. The molecule has 0 saturated heterocycles. The van der Waals surface area contributed by atoms with Crippen LogP contribution in [0.15, 0.2) is 0 Å². The molecule has 0 spiro atoms. The highest BCUT2D eigenvalue weighted by atomic mass is 32.2. The molecule has 1 unspecified atom stereocenters. The number of sulfonamides is 1. The van der Waals surface area contributed by atoms with Crippen LogP contribution in [-0.4, -0.2) is 33.4 Å². The predicted molar refractivity (Wildman–Crippen MR) is 46.4 cm³/mol. The van der Waals surface area contributed by atoms with Crippen LogP contribution in [0.25, 0.3) is 0 Å². The van der Waals surface area contributed by atoms with Crippen LogP contribution in [0.5, 0.6) is 0 Å². The first-order valence-electron chi connectivity index (χ1n) is 4.07. The first-order valence-corrected chi connectivity index (χ1v) is 5.62. The summed E-state index contributed by atoms with van der Waals surface area (Å²) in [6, 6.07) is 0. The minimum Gasteiger partial charge on any atom is -0.380 e. The maximum absolute atomic E-state index is 11.2. The second kappa shape index (κ2) is 3.72. The van der Waals surface area contributed by atoms with Gasteiger partial charge in [-0.25, -0.2) is 13.1 Å². The largest absolute Gasteiger partial charge is 0.380 e. The first kappa shape index (κ1) is 9.95. The van der Waals surface area contributed by atoms with Gasteiger partial charge >= 0.3 is 0 Å². The fourth-order valence-corrected chi connectivity index (χ4v) is 2.27. The van der Waals surface area contributed by atoms with Crippen molar-refractivity contribution in [3.05, 3.63) is 0 Å². The maximum Gasteiger partial charge on any atom is 0.214 e. The van der Waals surface area contributed by atoms with Gasteiger partial charge in [0.2, 0.25) is 10.0 Å². The Morgan fingerprint density at radius 1 is 1.58 bits per heavy atom. The summed E-state index contributed by atoms with van der Waals surface area (Å²) >= 11 is 0. The average molecular weight is 193 g/mol. The van der Waals surface area contributed by atoms with Gasteiger partial charge in [-0.05, 0) is 19.8 Å².